The van der Waals surface area contributed by atoms with Gasteiger partial charge in [-0.15, -0.1) is 0 Å². The van der Waals surface area contributed by atoms with Gasteiger partial charge in [-0.05, 0) is 38.2 Å². The van der Waals surface area contributed by atoms with E-state index in [1.807, 2.05) is 37.3 Å². The van der Waals surface area contributed by atoms with Gasteiger partial charge >= 0.3 is 5.97 Å². The van der Waals surface area contributed by atoms with Gasteiger partial charge in [0, 0.05) is 25.6 Å². The van der Waals surface area contributed by atoms with Crippen molar-refractivity contribution in [2.75, 3.05) is 19.7 Å². The van der Waals surface area contributed by atoms with E-state index in [2.05, 4.69) is 0 Å². The summed E-state index contributed by atoms with van der Waals surface area (Å²) in [6.07, 6.45) is 3.46. The molecule has 1 saturated carbocycles. The molecule has 1 heterocycles. The molecule has 130 valence electrons. The summed E-state index contributed by atoms with van der Waals surface area (Å²) >= 11 is 0. The number of likely N-dealkylation sites (tertiary alicyclic amines) is 1. The van der Waals surface area contributed by atoms with Gasteiger partial charge < -0.3 is 14.7 Å². The molecular weight excluding hydrogens is 306 g/mol. The summed E-state index contributed by atoms with van der Waals surface area (Å²) in [6.45, 7) is 3.13. The summed E-state index contributed by atoms with van der Waals surface area (Å²) in [5, 5.41) is 9.61. The van der Waals surface area contributed by atoms with Crippen molar-refractivity contribution < 1.29 is 19.4 Å². The summed E-state index contributed by atoms with van der Waals surface area (Å²) in [4.78, 5) is 26.5. The molecule has 1 aromatic rings. The predicted octanol–water partition coefficient (Wildman–Crippen LogP) is 2.66. The molecule has 1 N–H and O–H groups in total. The Hall–Kier alpha value is -1.88. The number of carbonyl (C=O) groups is 2. The van der Waals surface area contributed by atoms with Crippen molar-refractivity contribution >= 4 is 11.9 Å². The zero-order chi connectivity index (χ0) is 17.2. The molecule has 2 aliphatic rings. The lowest BCUT2D eigenvalue weighted by molar-refractivity contribution is -0.156. The van der Waals surface area contributed by atoms with Crippen molar-refractivity contribution in [1.29, 1.82) is 0 Å². The third kappa shape index (κ3) is 3.05. The van der Waals surface area contributed by atoms with Crippen molar-refractivity contribution in [3.05, 3.63) is 35.9 Å². The number of hydrogen-bond donors (Lipinski definition) is 1. The van der Waals surface area contributed by atoms with Crippen molar-refractivity contribution in [2.45, 2.75) is 44.1 Å². The molecule has 0 radical (unpaired) electrons. The van der Waals surface area contributed by atoms with Gasteiger partial charge in [0.25, 0.3) is 5.91 Å². The molecule has 24 heavy (non-hydrogen) atoms. The van der Waals surface area contributed by atoms with E-state index in [0.29, 0.717) is 13.2 Å². The number of carbonyl (C=O) groups excluding carboxylic acids is 1. The van der Waals surface area contributed by atoms with Crippen LogP contribution in [0.5, 0.6) is 0 Å². The standard InChI is InChI=1S/C19H25NO4/c1-2-24-19(10-6-7-11-19)18(23)20-12-15(16(13-20)17(21)22)14-8-4-3-5-9-14/h3-5,8-9,15-16H,2,6-7,10-13H2,1H3,(H,21,22)/t15-,16-/m0/s1. The van der Waals surface area contributed by atoms with E-state index in [-0.39, 0.29) is 18.4 Å². The second-order valence-corrected chi connectivity index (χ2v) is 6.81. The van der Waals surface area contributed by atoms with E-state index >= 15 is 0 Å². The number of benzene rings is 1. The number of ether oxygens (including phenoxy) is 1. The van der Waals surface area contributed by atoms with E-state index in [1.54, 1.807) is 4.90 Å². The van der Waals surface area contributed by atoms with Crippen molar-refractivity contribution in [3.8, 4) is 0 Å². The van der Waals surface area contributed by atoms with Gasteiger partial charge in [0.05, 0.1) is 5.92 Å². The van der Waals surface area contributed by atoms with Crippen LogP contribution >= 0.6 is 0 Å². The van der Waals surface area contributed by atoms with Gasteiger partial charge in [0.1, 0.15) is 5.60 Å². The van der Waals surface area contributed by atoms with Crippen LogP contribution in [0, 0.1) is 5.92 Å². The van der Waals surface area contributed by atoms with Gasteiger partial charge in [0.15, 0.2) is 0 Å². The molecule has 5 heteroatoms. The SMILES string of the molecule is CCOC1(C(=O)N2C[C@H](C(=O)O)[C@H](c3ccccc3)C2)CCCC1. The van der Waals surface area contributed by atoms with E-state index < -0.39 is 17.5 Å². The Labute approximate surface area is 142 Å². The van der Waals surface area contributed by atoms with Crippen LogP contribution in [0.3, 0.4) is 0 Å². The number of nitrogens with zero attached hydrogens (tertiary/aromatic N) is 1. The van der Waals surface area contributed by atoms with Crippen LogP contribution in [0.2, 0.25) is 0 Å². The highest BCUT2D eigenvalue weighted by Gasteiger charge is 2.49. The molecule has 1 saturated heterocycles. The lowest BCUT2D eigenvalue weighted by Gasteiger charge is -2.32. The summed E-state index contributed by atoms with van der Waals surface area (Å²) in [5.41, 5.74) is 0.251. The molecule has 1 aliphatic carbocycles. The molecule has 0 bridgehead atoms. The highest BCUT2D eigenvalue weighted by atomic mass is 16.5. The maximum Gasteiger partial charge on any atom is 0.308 e. The fraction of sp³-hybridized carbons (Fsp3) is 0.579. The van der Waals surface area contributed by atoms with E-state index in [4.69, 9.17) is 4.74 Å². The van der Waals surface area contributed by atoms with Crippen molar-refractivity contribution in [3.63, 3.8) is 0 Å². The summed E-state index contributed by atoms with van der Waals surface area (Å²) in [6, 6.07) is 9.64. The molecule has 5 nitrogen and oxygen atoms in total. The van der Waals surface area contributed by atoms with Crippen LogP contribution in [-0.2, 0) is 14.3 Å². The van der Waals surface area contributed by atoms with Crippen LogP contribution in [0.25, 0.3) is 0 Å². The quantitative estimate of drug-likeness (QED) is 0.901. The number of aliphatic carboxylic acids is 1. The first-order chi connectivity index (χ1) is 11.6. The third-order valence-electron chi connectivity index (χ3n) is 5.37. The molecule has 0 unspecified atom stereocenters. The number of rotatable bonds is 5. The van der Waals surface area contributed by atoms with Gasteiger partial charge in [-0.3, -0.25) is 9.59 Å². The fourth-order valence-corrected chi connectivity index (χ4v) is 4.19. The first-order valence-electron chi connectivity index (χ1n) is 8.78. The Morgan fingerprint density at radius 1 is 1.21 bits per heavy atom. The van der Waals surface area contributed by atoms with E-state index in [1.165, 1.54) is 0 Å². The first-order valence-corrected chi connectivity index (χ1v) is 8.78. The van der Waals surface area contributed by atoms with Crippen LogP contribution in [0.4, 0.5) is 0 Å². The summed E-state index contributed by atoms with van der Waals surface area (Å²) in [7, 11) is 0. The van der Waals surface area contributed by atoms with Crippen LogP contribution in [0.15, 0.2) is 30.3 Å². The number of hydrogen-bond acceptors (Lipinski definition) is 3. The van der Waals surface area contributed by atoms with E-state index in [9.17, 15) is 14.7 Å². The fourth-order valence-electron chi connectivity index (χ4n) is 4.19. The molecule has 0 aromatic heterocycles. The maximum absolute atomic E-state index is 13.1. The molecule has 1 aromatic carbocycles. The molecule has 1 amide bonds. The summed E-state index contributed by atoms with van der Waals surface area (Å²) < 4.78 is 5.86. The molecule has 1 aliphatic heterocycles. The highest BCUT2D eigenvalue weighted by molar-refractivity contribution is 5.87. The van der Waals surface area contributed by atoms with Gasteiger partial charge in [-0.1, -0.05) is 30.3 Å². The molecule has 2 fully saturated rings. The minimum atomic E-state index is -0.837. The van der Waals surface area contributed by atoms with E-state index in [0.717, 1.165) is 31.2 Å². The molecule has 0 spiro atoms. The average molecular weight is 331 g/mol. The van der Waals surface area contributed by atoms with Crippen LogP contribution in [-0.4, -0.2) is 47.2 Å². The maximum atomic E-state index is 13.1. The zero-order valence-corrected chi connectivity index (χ0v) is 14.1. The monoisotopic (exact) mass is 331 g/mol. The van der Waals surface area contributed by atoms with Gasteiger partial charge in [-0.25, -0.2) is 0 Å². The summed E-state index contributed by atoms with van der Waals surface area (Å²) in [5.74, 6) is -1.58. The number of carboxylic acid groups (broad SMARTS) is 1. The Morgan fingerprint density at radius 2 is 1.88 bits per heavy atom. The highest BCUT2D eigenvalue weighted by Crippen LogP contribution is 2.39. The lowest BCUT2D eigenvalue weighted by Crippen LogP contribution is -2.48. The lowest BCUT2D eigenvalue weighted by atomic mass is 9.89. The zero-order valence-electron chi connectivity index (χ0n) is 14.1. The minimum absolute atomic E-state index is 0.0217. The Morgan fingerprint density at radius 3 is 2.46 bits per heavy atom. The Bertz CT molecular complexity index is 595. The second kappa shape index (κ2) is 6.93. The van der Waals surface area contributed by atoms with Crippen LogP contribution < -0.4 is 0 Å². The topological polar surface area (TPSA) is 66.8 Å². The Balaban J connectivity index is 1.82. The molecule has 3 rings (SSSR count). The minimum Gasteiger partial charge on any atom is -0.481 e. The largest absolute Gasteiger partial charge is 0.481 e. The van der Waals surface area contributed by atoms with Crippen LogP contribution in [0.1, 0.15) is 44.1 Å². The second-order valence-electron chi connectivity index (χ2n) is 6.81. The van der Waals surface area contributed by atoms with Crippen molar-refractivity contribution in [2.24, 2.45) is 5.92 Å². The number of amides is 1. The smallest absolute Gasteiger partial charge is 0.308 e. The molecular formula is C19H25NO4. The van der Waals surface area contributed by atoms with Crippen molar-refractivity contribution in [1.82, 2.24) is 4.90 Å². The third-order valence-corrected chi connectivity index (χ3v) is 5.37. The average Bonchev–Trinajstić information content (AvgIpc) is 3.23. The normalized spacial score (nSPS) is 25.8. The van der Waals surface area contributed by atoms with Gasteiger partial charge in [0.2, 0.25) is 0 Å². The Kier molecular flexibility index (Phi) is 4.90. The number of carboxylic acids is 1. The van der Waals surface area contributed by atoms with Gasteiger partial charge in [-0.2, -0.15) is 0 Å². The predicted molar refractivity (Wildman–Crippen MR) is 89.7 cm³/mol. The first kappa shape index (κ1) is 17.0. The molecule has 2 atom stereocenters.